The number of rotatable bonds is 5. The third kappa shape index (κ3) is 5.00. The van der Waals surface area contributed by atoms with Crippen LogP contribution in [-0.4, -0.2) is 37.1 Å². The molecule has 164 valence electrons. The minimum atomic E-state index is -0.459. The second-order valence-corrected chi connectivity index (χ2v) is 7.98. The maximum Gasteiger partial charge on any atom is 0.342 e. The van der Waals surface area contributed by atoms with Crippen molar-refractivity contribution >= 4 is 29.3 Å². The van der Waals surface area contributed by atoms with Crippen LogP contribution in [0.2, 0.25) is 0 Å². The molecule has 1 saturated heterocycles. The molecular weight excluding hydrogens is 414 g/mol. The Hall–Kier alpha value is -2.63. The highest BCUT2D eigenvalue weighted by Crippen LogP contribution is 2.28. The molecule has 0 aliphatic carbocycles. The van der Waals surface area contributed by atoms with Crippen LogP contribution in [0.4, 0.5) is 0 Å². The number of carbonyl (C=O) groups is 1. The van der Waals surface area contributed by atoms with Crippen molar-refractivity contribution in [3.63, 3.8) is 0 Å². The van der Waals surface area contributed by atoms with Crippen molar-refractivity contribution in [2.75, 3.05) is 26.2 Å². The van der Waals surface area contributed by atoms with E-state index in [0.717, 1.165) is 30.8 Å². The van der Waals surface area contributed by atoms with Gasteiger partial charge in [0.1, 0.15) is 17.9 Å². The number of halogens is 1. The van der Waals surface area contributed by atoms with E-state index >= 15 is 0 Å². The summed E-state index contributed by atoms with van der Waals surface area (Å²) in [7, 11) is 0. The Morgan fingerprint density at radius 3 is 2.55 bits per heavy atom. The molecule has 1 aliphatic rings. The lowest BCUT2D eigenvalue weighted by Crippen LogP contribution is -2.33. The van der Waals surface area contributed by atoms with E-state index < -0.39 is 5.97 Å². The van der Waals surface area contributed by atoms with E-state index in [-0.39, 0.29) is 29.0 Å². The maximum absolute atomic E-state index is 13.0. The smallest absolute Gasteiger partial charge is 0.342 e. The molecule has 1 fully saturated rings. The average molecular weight is 442 g/mol. The maximum atomic E-state index is 13.0. The Labute approximate surface area is 188 Å². The molecular formula is C25H28ClNO4. The zero-order valence-corrected chi connectivity index (χ0v) is 18.8. The third-order valence-corrected chi connectivity index (χ3v) is 5.73. The molecule has 1 aromatic heterocycles. The Bertz CT molecular complexity index is 1130. The summed E-state index contributed by atoms with van der Waals surface area (Å²) in [4.78, 5) is 28.1. The summed E-state index contributed by atoms with van der Waals surface area (Å²) in [6.07, 6.45) is 3.67. The molecule has 0 saturated carbocycles. The standard InChI is InChI=1S/C25H27NO4.ClH/c1-17-8-6-9-19(16-17)23-18(2)22(27)20-10-7-11-21(24(20)30-23)25(28)29-15-14-26-12-4-3-5-13-26;/h6-11,16H,3-5,12-15H2,1-2H3;1H. The molecule has 4 rings (SSSR count). The molecule has 0 radical (unpaired) electrons. The fourth-order valence-corrected chi connectivity index (χ4v) is 4.06. The fraction of sp³-hybridized carbons (Fsp3) is 0.360. The van der Waals surface area contributed by atoms with Gasteiger partial charge in [-0.3, -0.25) is 9.69 Å². The molecule has 0 bridgehead atoms. The van der Waals surface area contributed by atoms with Gasteiger partial charge in [-0.1, -0.05) is 36.2 Å². The van der Waals surface area contributed by atoms with Crippen LogP contribution in [0.25, 0.3) is 22.3 Å². The highest BCUT2D eigenvalue weighted by molar-refractivity contribution is 6.02. The van der Waals surface area contributed by atoms with Gasteiger partial charge in [0.25, 0.3) is 0 Å². The molecule has 31 heavy (non-hydrogen) atoms. The molecule has 0 amide bonds. The first-order valence-corrected chi connectivity index (χ1v) is 10.6. The van der Waals surface area contributed by atoms with E-state index in [4.69, 9.17) is 9.15 Å². The van der Waals surface area contributed by atoms with Crippen molar-refractivity contribution in [3.05, 3.63) is 69.4 Å². The van der Waals surface area contributed by atoms with Crippen molar-refractivity contribution in [3.8, 4) is 11.3 Å². The number of carbonyl (C=O) groups excluding carboxylic acids is 1. The van der Waals surface area contributed by atoms with E-state index in [0.29, 0.717) is 23.3 Å². The highest BCUT2D eigenvalue weighted by atomic mass is 35.5. The van der Waals surface area contributed by atoms with Crippen LogP contribution >= 0.6 is 12.4 Å². The van der Waals surface area contributed by atoms with Gasteiger partial charge in [0.05, 0.1) is 5.39 Å². The summed E-state index contributed by atoms with van der Waals surface area (Å²) >= 11 is 0. The molecule has 3 aromatic rings. The second-order valence-electron chi connectivity index (χ2n) is 7.98. The summed E-state index contributed by atoms with van der Waals surface area (Å²) in [5, 5.41) is 0.398. The topological polar surface area (TPSA) is 59.8 Å². The number of hydrogen-bond acceptors (Lipinski definition) is 5. The van der Waals surface area contributed by atoms with Gasteiger partial charge in [-0.15, -0.1) is 12.4 Å². The summed E-state index contributed by atoms with van der Waals surface area (Å²) < 4.78 is 11.7. The number of benzene rings is 2. The van der Waals surface area contributed by atoms with Gasteiger partial charge >= 0.3 is 5.97 Å². The van der Waals surface area contributed by atoms with Gasteiger partial charge in [-0.25, -0.2) is 4.79 Å². The molecule has 0 spiro atoms. The number of likely N-dealkylation sites (tertiary alicyclic amines) is 1. The van der Waals surface area contributed by atoms with Crippen molar-refractivity contribution in [2.24, 2.45) is 0 Å². The third-order valence-electron chi connectivity index (χ3n) is 5.73. The van der Waals surface area contributed by atoms with Crippen LogP contribution in [0.1, 0.15) is 40.7 Å². The number of piperidine rings is 1. The number of esters is 1. The monoisotopic (exact) mass is 441 g/mol. The van der Waals surface area contributed by atoms with E-state index in [2.05, 4.69) is 4.90 Å². The molecule has 2 aromatic carbocycles. The van der Waals surface area contributed by atoms with Gasteiger partial charge in [0, 0.05) is 17.7 Å². The predicted molar refractivity (Wildman–Crippen MR) is 125 cm³/mol. The van der Waals surface area contributed by atoms with Gasteiger partial charge in [0.2, 0.25) is 0 Å². The van der Waals surface area contributed by atoms with Crippen LogP contribution in [0, 0.1) is 13.8 Å². The van der Waals surface area contributed by atoms with Crippen LogP contribution in [0.3, 0.4) is 0 Å². The summed E-state index contributed by atoms with van der Waals surface area (Å²) in [5.41, 5.74) is 2.86. The second kappa shape index (κ2) is 10.1. The number of fused-ring (bicyclic) bond motifs is 1. The minimum Gasteiger partial charge on any atom is -0.461 e. The Balaban J connectivity index is 0.00000272. The zero-order chi connectivity index (χ0) is 21.1. The molecule has 0 atom stereocenters. The molecule has 0 unspecified atom stereocenters. The van der Waals surface area contributed by atoms with Crippen LogP contribution in [-0.2, 0) is 4.74 Å². The van der Waals surface area contributed by atoms with Crippen molar-refractivity contribution in [2.45, 2.75) is 33.1 Å². The lowest BCUT2D eigenvalue weighted by atomic mass is 10.0. The normalized spacial score (nSPS) is 14.3. The summed E-state index contributed by atoms with van der Waals surface area (Å²) in [5.74, 6) is 0.0320. The summed E-state index contributed by atoms with van der Waals surface area (Å²) in [6.45, 7) is 6.92. The van der Waals surface area contributed by atoms with Crippen molar-refractivity contribution in [1.82, 2.24) is 4.90 Å². The Kier molecular flexibility index (Phi) is 7.52. The van der Waals surface area contributed by atoms with E-state index in [1.54, 1.807) is 25.1 Å². The number of nitrogens with zero attached hydrogens (tertiary/aromatic N) is 1. The first-order valence-electron chi connectivity index (χ1n) is 10.6. The minimum absolute atomic E-state index is 0. The largest absolute Gasteiger partial charge is 0.461 e. The van der Waals surface area contributed by atoms with Gasteiger partial charge in [0.15, 0.2) is 11.0 Å². The number of para-hydroxylation sites is 1. The van der Waals surface area contributed by atoms with Gasteiger partial charge < -0.3 is 9.15 Å². The van der Waals surface area contributed by atoms with E-state index in [1.165, 1.54) is 19.3 Å². The van der Waals surface area contributed by atoms with E-state index in [1.807, 2.05) is 31.2 Å². The van der Waals surface area contributed by atoms with Gasteiger partial charge in [-0.05, 0) is 58.0 Å². The van der Waals surface area contributed by atoms with Crippen LogP contribution in [0.15, 0.2) is 51.7 Å². The summed E-state index contributed by atoms with van der Waals surface area (Å²) in [6, 6.07) is 12.8. The van der Waals surface area contributed by atoms with Crippen molar-refractivity contribution < 1.29 is 13.9 Å². The van der Waals surface area contributed by atoms with Crippen LogP contribution in [0.5, 0.6) is 0 Å². The molecule has 5 nitrogen and oxygen atoms in total. The molecule has 6 heteroatoms. The molecule has 2 heterocycles. The average Bonchev–Trinajstić information content (AvgIpc) is 2.76. The van der Waals surface area contributed by atoms with Crippen LogP contribution < -0.4 is 5.43 Å². The Morgan fingerprint density at radius 2 is 1.81 bits per heavy atom. The number of aryl methyl sites for hydroxylation is 1. The van der Waals surface area contributed by atoms with Crippen molar-refractivity contribution in [1.29, 1.82) is 0 Å². The Morgan fingerprint density at radius 1 is 1.06 bits per heavy atom. The first-order chi connectivity index (χ1) is 14.5. The molecule has 0 N–H and O–H groups in total. The first kappa shape index (κ1) is 23.0. The zero-order valence-electron chi connectivity index (χ0n) is 18.0. The van der Waals surface area contributed by atoms with Gasteiger partial charge in [-0.2, -0.15) is 0 Å². The lowest BCUT2D eigenvalue weighted by molar-refractivity contribution is 0.0453. The highest BCUT2D eigenvalue weighted by Gasteiger charge is 2.20. The number of ether oxygens (including phenoxy) is 1. The fourth-order valence-electron chi connectivity index (χ4n) is 4.06. The SMILES string of the molecule is Cc1cccc(-c2oc3c(C(=O)OCCN4CCCCC4)cccc3c(=O)c2C)c1.Cl. The number of hydrogen-bond donors (Lipinski definition) is 0. The quantitative estimate of drug-likeness (QED) is 0.513. The lowest BCUT2D eigenvalue weighted by Gasteiger charge is -2.25. The predicted octanol–water partition coefficient (Wildman–Crippen LogP) is 5.14. The van der Waals surface area contributed by atoms with E-state index in [9.17, 15) is 9.59 Å². The molecule has 1 aliphatic heterocycles.